The number of nitrogens with one attached hydrogen (secondary N) is 3. The van der Waals surface area contributed by atoms with Gasteiger partial charge in [0, 0.05) is 12.0 Å². The van der Waals surface area contributed by atoms with Crippen LogP contribution >= 0.6 is 11.3 Å². The summed E-state index contributed by atoms with van der Waals surface area (Å²) >= 11 is 1.55. The normalized spacial score (nSPS) is 23.7. The fraction of sp³-hybridized carbons (Fsp3) is 0.294. The fourth-order valence-electron chi connectivity index (χ4n) is 2.93. The van der Waals surface area contributed by atoms with Gasteiger partial charge in [-0.1, -0.05) is 19.9 Å². The molecule has 0 aliphatic carbocycles. The van der Waals surface area contributed by atoms with Gasteiger partial charge >= 0.3 is 0 Å². The molecule has 4 rings (SSSR count). The van der Waals surface area contributed by atoms with E-state index in [2.05, 4.69) is 25.9 Å². The molecule has 0 bridgehead atoms. The molecule has 1 unspecified atom stereocenters. The van der Waals surface area contributed by atoms with Gasteiger partial charge in [0.05, 0.1) is 15.7 Å². The molecule has 1 atom stereocenters. The van der Waals surface area contributed by atoms with Crippen LogP contribution in [0.2, 0.25) is 0 Å². The summed E-state index contributed by atoms with van der Waals surface area (Å²) in [6.07, 6.45) is 1.73. The van der Waals surface area contributed by atoms with Crippen molar-refractivity contribution in [3.05, 3.63) is 35.0 Å². The van der Waals surface area contributed by atoms with E-state index in [-0.39, 0.29) is 17.2 Å². The van der Waals surface area contributed by atoms with Crippen LogP contribution in [-0.2, 0) is 9.59 Å². The molecule has 25 heavy (non-hydrogen) atoms. The molecule has 3 heterocycles. The van der Waals surface area contributed by atoms with Gasteiger partial charge < -0.3 is 10.6 Å². The van der Waals surface area contributed by atoms with E-state index in [9.17, 15) is 9.59 Å². The minimum absolute atomic E-state index is 0.0879. The highest BCUT2D eigenvalue weighted by Crippen LogP contribution is 2.25. The molecule has 128 valence electrons. The number of carbonyl (C=O) groups is 2. The molecule has 1 aromatic heterocycles. The lowest BCUT2D eigenvalue weighted by Gasteiger charge is -2.24. The van der Waals surface area contributed by atoms with Crippen LogP contribution in [-0.4, -0.2) is 35.3 Å². The van der Waals surface area contributed by atoms with E-state index in [0.29, 0.717) is 18.2 Å². The summed E-state index contributed by atoms with van der Waals surface area (Å²) in [5.41, 5.74) is 3.66. The monoisotopic (exact) mass is 355 g/mol. The summed E-state index contributed by atoms with van der Waals surface area (Å²) in [5.74, 6) is -0.0663. The maximum atomic E-state index is 12.2. The number of hydrogen-bond donors (Lipinski definition) is 3. The molecule has 8 heteroatoms. The van der Waals surface area contributed by atoms with Gasteiger partial charge in [-0.3, -0.25) is 14.9 Å². The van der Waals surface area contributed by atoms with E-state index in [1.165, 1.54) is 0 Å². The summed E-state index contributed by atoms with van der Waals surface area (Å²) < 4.78 is 1.06. The molecule has 7 nitrogen and oxygen atoms in total. The number of carbonyl (C=O) groups excluding carboxylic acids is 2. The lowest BCUT2D eigenvalue weighted by Crippen LogP contribution is -2.50. The van der Waals surface area contributed by atoms with Gasteiger partial charge in [-0.05, 0) is 23.8 Å². The third-order valence-corrected chi connectivity index (χ3v) is 5.19. The summed E-state index contributed by atoms with van der Waals surface area (Å²) in [7, 11) is 0. The van der Waals surface area contributed by atoms with Crippen molar-refractivity contribution in [3.63, 3.8) is 0 Å². The van der Waals surface area contributed by atoms with Crippen LogP contribution in [0.4, 0.5) is 0 Å². The standard InChI is InChI=1S/C17H17N5O2S/c1-17(2)7-18-15(24)13(17)21-16-20-11(14(23)22-16)5-9-3-4-10-12(6-9)25-8-19-10/h3-6,8,13H,7H2,1-2H3,(H,18,24)(H2,20,21,22,23)/b11-5-. The molecular formula is C17H17N5O2S. The van der Waals surface area contributed by atoms with Crippen LogP contribution in [0.5, 0.6) is 0 Å². The van der Waals surface area contributed by atoms with Crippen molar-refractivity contribution in [3.8, 4) is 0 Å². The second kappa shape index (κ2) is 5.66. The minimum Gasteiger partial charge on any atom is -0.354 e. The van der Waals surface area contributed by atoms with Crippen LogP contribution in [0.1, 0.15) is 19.4 Å². The van der Waals surface area contributed by atoms with Crippen molar-refractivity contribution in [1.82, 2.24) is 20.9 Å². The Hall–Kier alpha value is -2.74. The highest BCUT2D eigenvalue weighted by molar-refractivity contribution is 7.16. The van der Waals surface area contributed by atoms with E-state index in [1.807, 2.05) is 32.0 Å². The van der Waals surface area contributed by atoms with Gasteiger partial charge in [-0.2, -0.15) is 0 Å². The average molecular weight is 355 g/mol. The van der Waals surface area contributed by atoms with E-state index in [4.69, 9.17) is 0 Å². The number of aromatic nitrogens is 1. The van der Waals surface area contributed by atoms with Crippen LogP contribution < -0.4 is 16.0 Å². The zero-order valence-electron chi connectivity index (χ0n) is 13.8. The molecule has 0 radical (unpaired) electrons. The van der Waals surface area contributed by atoms with E-state index < -0.39 is 6.04 Å². The van der Waals surface area contributed by atoms with E-state index in [0.717, 1.165) is 15.8 Å². The second-order valence-electron chi connectivity index (χ2n) is 6.81. The smallest absolute Gasteiger partial charge is 0.276 e. The number of benzene rings is 1. The topological polar surface area (TPSA) is 95.5 Å². The number of rotatable bonds is 2. The third-order valence-electron chi connectivity index (χ3n) is 4.40. The molecule has 2 aliphatic rings. The second-order valence-corrected chi connectivity index (χ2v) is 7.69. The third kappa shape index (κ3) is 2.89. The quantitative estimate of drug-likeness (QED) is 0.706. The molecule has 2 amide bonds. The first kappa shape index (κ1) is 15.8. The predicted octanol–water partition coefficient (Wildman–Crippen LogP) is 1.24. The zero-order valence-corrected chi connectivity index (χ0v) is 14.6. The van der Waals surface area contributed by atoms with Crippen molar-refractivity contribution in [2.24, 2.45) is 10.4 Å². The molecule has 2 aliphatic heterocycles. The van der Waals surface area contributed by atoms with Crippen molar-refractivity contribution in [1.29, 1.82) is 0 Å². The zero-order chi connectivity index (χ0) is 17.6. The summed E-state index contributed by atoms with van der Waals surface area (Å²) in [4.78, 5) is 32.7. The number of amides is 2. The Morgan fingerprint density at radius 3 is 2.96 bits per heavy atom. The molecular weight excluding hydrogens is 338 g/mol. The van der Waals surface area contributed by atoms with Gasteiger partial charge in [0.1, 0.15) is 11.7 Å². The largest absolute Gasteiger partial charge is 0.354 e. The van der Waals surface area contributed by atoms with Gasteiger partial charge in [-0.25, -0.2) is 9.98 Å². The van der Waals surface area contributed by atoms with Crippen LogP contribution in [0.15, 0.2) is 34.4 Å². The van der Waals surface area contributed by atoms with Crippen molar-refractivity contribution in [2.75, 3.05) is 6.54 Å². The van der Waals surface area contributed by atoms with Crippen molar-refractivity contribution < 1.29 is 9.59 Å². The number of nitrogens with zero attached hydrogens (tertiary/aromatic N) is 2. The maximum absolute atomic E-state index is 12.2. The summed E-state index contributed by atoms with van der Waals surface area (Å²) in [5, 5.41) is 8.55. The van der Waals surface area contributed by atoms with Gasteiger partial charge in [-0.15, -0.1) is 11.3 Å². The lowest BCUT2D eigenvalue weighted by molar-refractivity contribution is -0.121. The summed E-state index contributed by atoms with van der Waals surface area (Å²) in [6, 6.07) is 5.36. The number of aliphatic imine (C=N–C) groups is 1. The van der Waals surface area contributed by atoms with Crippen molar-refractivity contribution >= 4 is 45.4 Å². The number of guanidine groups is 1. The Balaban J connectivity index is 1.58. The van der Waals surface area contributed by atoms with Gasteiger partial charge in [0.25, 0.3) is 5.91 Å². The molecule has 3 N–H and O–H groups in total. The molecule has 1 fully saturated rings. The molecule has 1 aromatic carbocycles. The van der Waals surface area contributed by atoms with Gasteiger partial charge in [0.2, 0.25) is 11.9 Å². The maximum Gasteiger partial charge on any atom is 0.276 e. The Morgan fingerprint density at radius 2 is 2.20 bits per heavy atom. The lowest BCUT2D eigenvalue weighted by atomic mass is 9.87. The summed E-state index contributed by atoms with van der Waals surface area (Å²) in [6.45, 7) is 4.56. The molecule has 2 aromatic rings. The van der Waals surface area contributed by atoms with Crippen LogP contribution in [0, 0.1) is 5.41 Å². The highest BCUT2D eigenvalue weighted by atomic mass is 32.1. The first-order valence-electron chi connectivity index (χ1n) is 7.92. The minimum atomic E-state index is -0.431. The number of fused-ring (bicyclic) bond motifs is 1. The molecule has 0 spiro atoms. The van der Waals surface area contributed by atoms with Gasteiger partial charge in [0.15, 0.2) is 0 Å². The van der Waals surface area contributed by atoms with Crippen LogP contribution in [0.25, 0.3) is 16.3 Å². The molecule has 0 saturated carbocycles. The van der Waals surface area contributed by atoms with E-state index >= 15 is 0 Å². The van der Waals surface area contributed by atoms with Crippen LogP contribution in [0.3, 0.4) is 0 Å². The Labute approximate surface area is 148 Å². The first-order chi connectivity index (χ1) is 11.9. The Bertz CT molecular complexity index is 943. The number of thiazole rings is 1. The SMILES string of the molecule is CC1(C)CNC(=O)C1NC1=N/C(=C\c2ccc3ncsc3c2)C(=O)N1. The van der Waals surface area contributed by atoms with E-state index in [1.54, 1.807) is 22.9 Å². The fourth-order valence-corrected chi connectivity index (χ4v) is 3.65. The number of hydrogen-bond acceptors (Lipinski definition) is 6. The predicted molar refractivity (Wildman–Crippen MR) is 96.9 cm³/mol. The Kier molecular flexibility index (Phi) is 3.57. The van der Waals surface area contributed by atoms with Crippen molar-refractivity contribution in [2.45, 2.75) is 19.9 Å². The highest BCUT2D eigenvalue weighted by Gasteiger charge is 2.42. The average Bonchev–Trinajstić information content (AvgIpc) is 3.22. The Morgan fingerprint density at radius 1 is 1.36 bits per heavy atom. The first-order valence-corrected chi connectivity index (χ1v) is 8.80. The molecule has 1 saturated heterocycles.